The molecule has 1 saturated carbocycles. The molecule has 2 aliphatic rings. The van der Waals surface area contributed by atoms with E-state index in [1.54, 1.807) is 0 Å². The molecule has 4 nitrogen and oxygen atoms in total. The molecule has 6 heteroatoms. The van der Waals surface area contributed by atoms with Gasteiger partial charge in [-0.15, -0.1) is 24.8 Å². The Kier molecular flexibility index (Phi) is 10.6. The van der Waals surface area contributed by atoms with E-state index in [0.29, 0.717) is 18.5 Å². The van der Waals surface area contributed by atoms with Crippen LogP contribution in [0.3, 0.4) is 0 Å². The highest BCUT2D eigenvalue weighted by Crippen LogP contribution is 2.33. The van der Waals surface area contributed by atoms with Gasteiger partial charge in [-0.25, -0.2) is 0 Å². The standard InChI is InChI=1S/C15H29N3O.2ClH/c1-12-10-13(11-18(12)14-7-8-14)17-15(19)6-4-2-3-5-9-16;;/h12-14H,2-11,16H2,1H3,(H,17,19);2*1H. The number of rotatable bonds is 8. The number of carbonyl (C=O) groups is 1. The fraction of sp³-hybridized carbons (Fsp3) is 0.933. The molecular formula is C15H31Cl2N3O. The number of hydrogen-bond acceptors (Lipinski definition) is 3. The van der Waals surface area contributed by atoms with Gasteiger partial charge < -0.3 is 11.1 Å². The quantitative estimate of drug-likeness (QED) is 0.668. The smallest absolute Gasteiger partial charge is 0.220 e. The average Bonchev–Trinajstić information content (AvgIpc) is 3.14. The molecule has 0 aromatic rings. The predicted octanol–water partition coefficient (Wildman–Crippen LogP) is 2.48. The van der Waals surface area contributed by atoms with Crippen molar-refractivity contribution in [3.8, 4) is 0 Å². The van der Waals surface area contributed by atoms with Crippen molar-refractivity contribution in [1.82, 2.24) is 10.2 Å². The van der Waals surface area contributed by atoms with Crippen LogP contribution in [0.15, 0.2) is 0 Å². The third-order valence-corrected chi connectivity index (χ3v) is 4.36. The molecule has 0 aromatic carbocycles. The molecule has 2 rings (SSSR count). The van der Waals surface area contributed by atoms with Crippen LogP contribution in [-0.4, -0.2) is 42.0 Å². The van der Waals surface area contributed by atoms with Gasteiger partial charge in [-0.2, -0.15) is 0 Å². The summed E-state index contributed by atoms with van der Waals surface area (Å²) in [7, 11) is 0. The molecule has 1 aliphatic carbocycles. The molecule has 21 heavy (non-hydrogen) atoms. The number of nitrogens with zero attached hydrogens (tertiary/aromatic N) is 1. The van der Waals surface area contributed by atoms with Gasteiger partial charge in [-0.1, -0.05) is 12.8 Å². The van der Waals surface area contributed by atoms with E-state index in [-0.39, 0.29) is 30.7 Å². The summed E-state index contributed by atoms with van der Waals surface area (Å²) in [4.78, 5) is 14.5. The minimum absolute atomic E-state index is 0. The summed E-state index contributed by atoms with van der Waals surface area (Å²) in [6, 6.07) is 1.84. The number of carbonyl (C=O) groups excluding carboxylic acids is 1. The van der Waals surface area contributed by atoms with Crippen LogP contribution < -0.4 is 11.1 Å². The summed E-state index contributed by atoms with van der Waals surface area (Å²) in [6.07, 6.45) is 8.87. The Morgan fingerprint density at radius 1 is 1.19 bits per heavy atom. The summed E-state index contributed by atoms with van der Waals surface area (Å²) >= 11 is 0. The molecule has 1 saturated heterocycles. The number of nitrogens with one attached hydrogen (secondary N) is 1. The zero-order chi connectivity index (χ0) is 13.7. The number of amides is 1. The van der Waals surface area contributed by atoms with Gasteiger partial charge in [0.25, 0.3) is 0 Å². The Morgan fingerprint density at radius 3 is 2.48 bits per heavy atom. The minimum Gasteiger partial charge on any atom is -0.352 e. The lowest BCUT2D eigenvalue weighted by Gasteiger charge is -2.19. The van der Waals surface area contributed by atoms with Crippen molar-refractivity contribution in [3.05, 3.63) is 0 Å². The van der Waals surface area contributed by atoms with E-state index < -0.39 is 0 Å². The summed E-state index contributed by atoms with van der Waals surface area (Å²) in [5.41, 5.74) is 5.45. The third-order valence-electron chi connectivity index (χ3n) is 4.36. The molecule has 1 aliphatic heterocycles. The molecule has 1 heterocycles. The lowest BCUT2D eigenvalue weighted by Crippen LogP contribution is -2.37. The Hall–Kier alpha value is -0.0300. The minimum atomic E-state index is 0. The van der Waals surface area contributed by atoms with Gasteiger partial charge in [0.15, 0.2) is 0 Å². The molecule has 0 bridgehead atoms. The highest BCUT2D eigenvalue weighted by molar-refractivity contribution is 5.85. The van der Waals surface area contributed by atoms with Gasteiger partial charge >= 0.3 is 0 Å². The molecule has 2 atom stereocenters. The van der Waals surface area contributed by atoms with Crippen LogP contribution in [0.25, 0.3) is 0 Å². The van der Waals surface area contributed by atoms with Crippen molar-refractivity contribution in [3.63, 3.8) is 0 Å². The topological polar surface area (TPSA) is 58.4 Å². The molecule has 0 radical (unpaired) electrons. The number of nitrogens with two attached hydrogens (primary N) is 1. The highest BCUT2D eigenvalue weighted by Gasteiger charge is 2.38. The predicted molar refractivity (Wildman–Crippen MR) is 92.4 cm³/mol. The maximum atomic E-state index is 11.9. The van der Waals surface area contributed by atoms with Gasteiger partial charge in [0, 0.05) is 31.1 Å². The van der Waals surface area contributed by atoms with Crippen LogP contribution in [0.1, 0.15) is 58.3 Å². The van der Waals surface area contributed by atoms with Crippen LogP contribution in [0.4, 0.5) is 0 Å². The third kappa shape index (κ3) is 7.18. The molecule has 2 fully saturated rings. The van der Waals surface area contributed by atoms with Gasteiger partial charge in [-0.3, -0.25) is 9.69 Å². The number of unbranched alkanes of at least 4 members (excludes halogenated alkanes) is 3. The van der Waals surface area contributed by atoms with E-state index >= 15 is 0 Å². The summed E-state index contributed by atoms with van der Waals surface area (Å²) < 4.78 is 0. The van der Waals surface area contributed by atoms with Gasteiger partial charge in [-0.05, 0) is 45.6 Å². The summed E-state index contributed by atoms with van der Waals surface area (Å²) in [6.45, 7) is 4.12. The van der Waals surface area contributed by atoms with Gasteiger partial charge in [0.1, 0.15) is 0 Å². The zero-order valence-corrected chi connectivity index (χ0v) is 14.7. The zero-order valence-electron chi connectivity index (χ0n) is 13.1. The lowest BCUT2D eigenvalue weighted by molar-refractivity contribution is -0.121. The average molecular weight is 340 g/mol. The van der Waals surface area contributed by atoms with Crippen LogP contribution in [0, 0.1) is 0 Å². The van der Waals surface area contributed by atoms with Crippen molar-refractivity contribution in [1.29, 1.82) is 0 Å². The Bertz CT molecular complexity index is 301. The maximum absolute atomic E-state index is 11.9. The first-order valence-corrected chi connectivity index (χ1v) is 7.96. The van der Waals surface area contributed by atoms with Gasteiger partial charge in [0.2, 0.25) is 5.91 Å². The van der Waals surface area contributed by atoms with E-state index in [1.807, 2.05) is 0 Å². The van der Waals surface area contributed by atoms with E-state index in [2.05, 4.69) is 17.1 Å². The monoisotopic (exact) mass is 339 g/mol. The van der Waals surface area contributed by atoms with E-state index in [1.165, 1.54) is 12.8 Å². The van der Waals surface area contributed by atoms with Crippen molar-refractivity contribution in [2.45, 2.75) is 76.4 Å². The number of likely N-dealkylation sites (tertiary alicyclic amines) is 1. The lowest BCUT2D eigenvalue weighted by atomic mass is 10.1. The second kappa shape index (κ2) is 10.7. The number of hydrogen-bond donors (Lipinski definition) is 2. The fourth-order valence-corrected chi connectivity index (χ4v) is 3.16. The molecule has 126 valence electrons. The van der Waals surface area contributed by atoms with Crippen LogP contribution in [0.5, 0.6) is 0 Å². The first-order valence-electron chi connectivity index (χ1n) is 7.96. The molecule has 2 unspecified atom stereocenters. The van der Waals surface area contributed by atoms with Gasteiger partial charge in [0.05, 0.1) is 0 Å². The van der Waals surface area contributed by atoms with Crippen LogP contribution in [-0.2, 0) is 4.79 Å². The summed E-state index contributed by atoms with van der Waals surface area (Å²) in [5.74, 6) is 0.239. The first-order chi connectivity index (χ1) is 9.20. The first kappa shape index (κ1) is 21.0. The maximum Gasteiger partial charge on any atom is 0.220 e. The molecule has 1 amide bonds. The normalized spacial score (nSPS) is 25.0. The largest absolute Gasteiger partial charge is 0.352 e. The van der Waals surface area contributed by atoms with E-state index in [9.17, 15) is 4.79 Å². The van der Waals surface area contributed by atoms with E-state index in [0.717, 1.165) is 51.2 Å². The SMILES string of the molecule is CC1CC(NC(=O)CCCCCCN)CN1C1CC1.Cl.Cl. The highest BCUT2D eigenvalue weighted by atomic mass is 35.5. The molecule has 3 N–H and O–H groups in total. The summed E-state index contributed by atoms with van der Waals surface area (Å²) in [5, 5.41) is 3.21. The second-order valence-corrected chi connectivity index (χ2v) is 6.23. The van der Waals surface area contributed by atoms with Crippen LogP contribution in [0.2, 0.25) is 0 Å². The van der Waals surface area contributed by atoms with Crippen LogP contribution >= 0.6 is 24.8 Å². The van der Waals surface area contributed by atoms with Crippen molar-refractivity contribution in [2.75, 3.05) is 13.1 Å². The number of halogens is 2. The van der Waals surface area contributed by atoms with Crippen molar-refractivity contribution in [2.24, 2.45) is 5.73 Å². The van der Waals surface area contributed by atoms with Crippen molar-refractivity contribution >= 4 is 30.7 Å². The second-order valence-electron chi connectivity index (χ2n) is 6.23. The molecular weight excluding hydrogens is 309 g/mol. The van der Waals surface area contributed by atoms with E-state index in [4.69, 9.17) is 5.73 Å². The van der Waals surface area contributed by atoms with Crippen molar-refractivity contribution < 1.29 is 4.79 Å². The fourth-order valence-electron chi connectivity index (χ4n) is 3.16. The Balaban J connectivity index is 0.00000200. The Morgan fingerprint density at radius 2 is 1.86 bits per heavy atom. The molecule has 0 aromatic heterocycles. The molecule has 0 spiro atoms. The Labute approximate surface area is 141 Å².